The molecule has 6 N–H and O–H groups in total. The average molecular weight is 238 g/mol. The minimum absolute atomic E-state index is 0.0853. The van der Waals surface area contributed by atoms with Gasteiger partial charge < -0.3 is 35.6 Å². The molecule has 0 aliphatic carbocycles. The molecule has 0 radical (unpaired) electrons. The molecule has 0 spiro atoms. The standard InChI is InChI=1S/C8H15NO7/c1-4(12)9-8(16,3-11)7(15)6(14)5(13)2-10/h2,5-7,11,13-16H,3H2,1H3,(H,9,12)/t5-,6+,7-,8+/m0/s1/i1D. The molecule has 0 rings (SSSR count). The number of aliphatic hydroxyl groups excluding tert-OH is 4. The third kappa shape index (κ3) is 3.51. The predicted octanol–water partition coefficient (Wildman–Crippen LogP) is -3.91. The Morgan fingerprint density at radius 1 is 1.56 bits per heavy atom. The molecular formula is C8H15NO7. The van der Waals surface area contributed by atoms with Gasteiger partial charge in [0.2, 0.25) is 5.91 Å². The summed E-state index contributed by atoms with van der Waals surface area (Å²) in [6.45, 7) is -1.95. The zero-order valence-electron chi connectivity index (χ0n) is 9.28. The van der Waals surface area contributed by atoms with Crippen LogP contribution in [0, 0.1) is 0 Å². The average Bonchev–Trinajstić information content (AvgIpc) is 2.35. The number of rotatable bonds is 6. The number of hydrogen-bond acceptors (Lipinski definition) is 7. The highest BCUT2D eigenvalue weighted by Gasteiger charge is 2.42. The lowest BCUT2D eigenvalue weighted by molar-refractivity contribution is -0.184. The molecule has 0 aromatic heterocycles. The van der Waals surface area contributed by atoms with E-state index in [0.717, 1.165) is 0 Å². The number of aldehydes is 1. The first-order valence-electron chi connectivity index (χ1n) is 4.96. The van der Waals surface area contributed by atoms with Gasteiger partial charge >= 0.3 is 0 Å². The monoisotopic (exact) mass is 238 g/mol. The summed E-state index contributed by atoms with van der Waals surface area (Å²) in [5.41, 5.74) is -2.65. The van der Waals surface area contributed by atoms with Crippen molar-refractivity contribution in [3.05, 3.63) is 0 Å². The van der Waals surface area contributed by atoms with Gasteiger partial charge in [0.25, 0.3) is 0 Å². The van der Waals surface area contributed by atoms with Crippen LogP contribution in [0.15, 0.2) is 0 Å². The topological polar surface area (TPSA) is 147 Å². The zero-order valence-corrected chi connectivity index (χ0v) is 8.28. The normalized spacial score (nSPS) is 21.2. The summed E-state index contributed by atoms with van der Waals surface area (Å²) in [6, 6.07) is 0. The van der Waals surface area contributed by atoms with Crippen molar-refractivity contribution in [2.75, 3.05) is 6.61 Å². The zero-order chi connectivity index (χ0) is 13.6. The van der Waals surface area contributed by atoms with Crippen LogP contribution >= 0.6 is 0 Å². The number of hydrogen-bond donors (Lipinski definition) is 6. The van der Waals surface area contributed by atoms with E-state index in [-0.39, 0.29) is 6.29 Å². The second-order valence-electron chi connectivity index (χ2n) is 3.19. The molecule has 8 nitrogen and oxygen atoms in total. The van der Waals surface area contributed by atoms with Crippen molar-refractivity contribution in [3.63, 3.8) is 0 Å². The Hall–Kier alpha value is -1.06. The fourth-order valence-corrected chi connectivity index (χ4v) is 0.998. The number of amides is 1. The quantitative estimate of drug-likeness (QED) is 0.204. The van der Waals surface area contributed by atoms with Crippen LogP contribution in [-0.4, -0.2) is 68.4 Å². The Bertz CT molecular complexity index is 277. The summed E-state index contributed by atoms with van der Waals surface area (Å²) < 4.78 is 6.68. The van der Waals surface area contributed by atoms with Gasteiger partial charge in [0, 0.05) is 8.27 Å². The lowest BCUT2D eigenvalue weighted by atomic mass is 9.98. The van der Waals surface area contributed by atoms with Crippen molar-refractivity contribution in [2.45, 2.75) is 30.9 Å². The minimum Gasteiger partial charge on any atom is -0.391 e. The molecule has 0 aromatic carbocycles. The molecule has 94 valence electrons. The lowest BCUT2D eigenvalue weighted by Crippen LogP contribution is -2.64. The molecule has 8 heteroatoms. The second kappa shape index (κ2) is 5.87. The van der Waals surface area contributed by atoms with Crippen LogP contribution in [0.2, 0.25) is 0 Å². The van der Waals surface area contributed by atoms with E-state index in [1.165, 1.54) is 0 Å². The van der Waals surface area contributed by atoms with Gasteiger partial charge in [-0.2, -0.15) is 0 Å². The van der Waals surface area contributed by atoms with Crippen molar-refractivity contribution in [1.29, 1.82) is 0 Å². The summed E-state index contributed by atoms with van der Waals surface area (Å²) in [5.74, 6) is -1.02. The van der Waals surface area contributed by atoms with Crippen LogP contribution in [0.3, 0.4) is 0 Å². The Labute approximate surface area is 92.5 Å². The Morgan fingerprint density at radius 2 is 2.12 bits per heavy atom. The first-order chi connectivity index (χ1) is 7.82. The molecule has 0 saturated heterocycles. The van der Waals surface area contributed by atoms with Gasteiger partial charge in [0.05, 0.1) is 6.61 Å². The maximum absolute atomic E-state index is 10.9. The number of aliphatic hydroxyl groups is 5. The number of nitrogens with one attached hydrogen (secondary N) is 1. The van der Waals surface area contributed by atoms with Crippen molar-refractivity contribution >= 4 is 12.2 Å². The highest BCUT2D eigenvalue weighted by Crippen LogP contribution is 2.12. The Morgan fingerprint density at radius 3 is 2.50 bits per heavy atom. The van der Waals surface area contributed by atoms with E-state index in [1.54, 1.807) is 5.32 Å². The van der Waals surface area contributed by atoms with Gasteiger partial charge in [-0.3, -0.25) is 4.79 Å². The summed E-state index contributed by atoms with van der Waals surface area (Å²) in [6.07, 6.45) is -6.38. The molecule has 1 amide bonds. The van der Waals surface area contributed by atoms with Crippen LogP contribution < -0.4 is 5.32 Å². The molecule has 4 atom stereocenters. The third-order valence-electron chi connectivity index (χ3n) is 1.90. The van der Waals surface area contributed by atoms with Gasteiger partial charge in [0.15, 0.2) is 12.0 Å². The summed E-state index contributed by atoms with van der Waals surface area (Å²) >= 11 is 0. The fourth-order valence-electron chi connectivity index (χ4n) is 0.998. The van der Waals surface area contributed by atoms with Crippen LogP contribution in [0.1, 0.15) is 8.27 Å². The predicted molar refractivity (Wildman–Crippen MR) is 49.9 cm³/mol. The first kappa shape index (κ1) is 13.0. The second-order valence-corrected chi connectivity index (χ2v) is 3.19. The van der Waals surface area contributed by atoms with E-state index in [9.17, 15) is 24.9 Å². The third-order valence-corrected chi connectivity index (χ3v) is 1.90. The fraction of sp³-hybridized carbons (Fsp3) is 0.750. The molecule has 0 heterocycles. The van der Waals surface area contributed by atoms with E-state index in [0.29, 0.717) is 0 Å². The molecule has 0 saturated carbocycles. The summed E-state index contributed by atoms with van der Waals surface area (Å²) in [4.78, 5) is 21.0. The molecular weight excluding hydrogens is 222 g/mol. The maximum atomic E-state index is 10.9. The van der Waals surface area contributed by atoms with Crippen molar-refractivity contribution in [1.82, 2.24) is 5.32 Å². The Kier molecular flexibility index (Phi) is 4.77. The number of carbonyl (C=O) groups excluding carboxylic acids is 2. The Balaban J connectivity index is 4.83. The van der Waals surface area contributed by atoms with Gasteiger partial charge in [0.1, 0.15) is 18.3 Å². The largest absolute Gasteiger partial charge is 0.391 e. The summed E-state index contributed by atoms with van der Waals surface area (Å²) in [7, 11) is 0. The minimum atomic E-state index is -2.65. The number of carbonyl (C=O) groups is 2. The molecule has 0 aliphatic heterocycles. The lowest BCUT2D eigenvalue weighted by Gasteiger charge is -2.34. The van der Waals surface area contributed by atoms with Crippen molar-refractivity contribution in [3.8, 4) is 0 Å². The summed E-state index contributed by atoms with van der Waals surface area (Å²) in [5, 5.41) is 47.7. The molecule has 16 heavy (non-hydrogen) atoms. The van der Waals surface area contributed by atoms with Gasteiger partial charge in [-0.1, -0.05) is 0 Å². The van der Waals surface area contributed by atoms with Crippen molar-refractivity contribution in [2.24, 2.45) is 0 Å². The van der Waals surface area contributed by atoms with E-state index < -0.39 is 43.5 Å². The maximum Gasteiger partial charge on any atom is 0.219 e. The van der Waals surface area contributed by atoms with Gasteiger partial charge in [-0.15, -0.1) is 0 Å². The molecule has 0 aromatic rings. The van der Waals surface area contributed by atoms with E-state index in [2.05, 4.69) is 0 Å². The van der Waals surface area contributed by atoms with Crippen molar-refractivity contribution < 1.29 is 36.5 Å². The first-order valence-corrected chi connectivity index (χ1v) is 4.25. The van der Waals surface area contributed by atoms with Crippen LogP contribution in [0.5, 0.6) is 0 Å². The van der Waals surface area contributed by atoms with Gasteiger partial charge in [-0.05, 0) is 0 Å². The van der Waals surface area contributed by atoms with Crippen LogP contribution in [-0.2, 0) is 9.59 Å². The molecule has 0 bridgehead atoms. The molecule has 0 fully saturated rings. The van der Waals surface area contributed by atoms with Gasteiger partial charge in [-0.25, -0.2) is 0 Å². The molecule has 0 unspecified atom stereocenters. The van der Waals surface area contributed by atoms with Crippen LogP contribution in [0.25, 0.3) is 0 Å². The van der Waals surface area contributed by atoms with Crippen LogP contribution in [0.4, 0.5) is 0 Å². The molecule has 0 aliphatic rings. The highest BCUT2D eigenvalue weighted by atomic mass is 16.4. The SMILES string of the molecule is [2H]CC(=O)N[C@@](O)(CO)[C@@H](O)[C@H](O)[C@@H](O)C=O. The van der Waals surface area contributed by atoms with E-state index >= 15 is 0 Å². The van der Waals surface area contributed by atoms with E-state index in [4.69, 9.17) is 11.6 Å². The van der Waals surface area contributed by atoms with E-state index in [1.807, 2.05) is 0 Å². The smallest absolute Gasteiger partial charge is 0.219 e. The highest BCUT2D eigenvalue weighted by molar-refractivity contribution is 5.73.